The molecule has 5 nitrogen and oxygen atoms in total. The van der Waals surface area contributed by atoms with Crippen LogP contribution < -0.4 is 5.73 Å². The Morgan fingerprint density at radius 3 is 2.55 bits per heavy atom. The third-order valence-corrected chi connectivity index (χ3v) is 4.43. The molecule has 1 aromatic heterocycles. The van der Waals surface area contributed by atoms with E-state index in [1.807, 2.05) is 19.9 Å². The number of aryl methyl sites for hydroxylation is 2. The summed E-state index contributed by atoms with van der Waals surface area (Å²) in [5.74, 6) is 0.374. The Hall–Kier alpha value is -1.14. The summed E-state index contributed by atoms with van der Waals surface area (Å²) in [4.78, 5) is 20.8. The minimum atomic E-state index is -0.915. The molecular weight excluding hydrogens is 274 g/mol. The summed E-state index contributed by atoms with van der Waals surface area (Å²) in [6, 6.07) is 1.92. The first-order valence-electron chi connectivity index (χ1n) is 6.87. The molecule has 1 aliphatic carbocycles. The number of thioether (sulfide) groups is 1. The smallest absolute Gasteiger partial charge is 0.327 e. The van der Waals surface area contributed by atoms with Crippen molar-refractivity contribution in [1.29, 1.82) is 0 Å². The number of rotatable bonds is 6. The Morgan fingerprint density at radius 1 is 1.45 bits per heavy atom. The summed E-state index contributed by atoms with van der Waals surface area (Å²) in [6.45, 7) is 6.02. The highest BCUT2D eigenvalue weighted by atomic mass is 32.2. The number of aromatic nitrogens is 2. The lowest BCUT2D eigenvalue weighted by molar-refractivity contribution is -0.149. The van der Waals surface area contributed by atoms with Crippen molar-refractivity contribution in [3.63, 3.8) is 0 Å². The van der Waals surface area contributed by atoms with Gasteiger partial charge in [0, 0.05) is 17.1 Å². The van der Waals surface area contributed by atoms with Crippen LogP contribution in [0.2, 0.25) is 0 Å². The number of hydrogen-bond acceptors (Lipinski definition) is 6. The quantitative estimate of drug-likeness (QED) is 0.490. The third kappa shape index (κ3) is 3.49. The van der Waals surface area contributed by atoms with Gasteiger partial charge in [-0.05, 0) is 45.6 Å². The van der Waals surface area contributed by atoms with Gasteiger partial charge in [-0.15, -0.1) is 0 Å². The summed E-state index contributed by atoms with van der Waals surface area (Å²) in [5, 5.41) is 0.669. The molecule has 2 N–H and O–H groups in total. The monoisotopic (exact) mass is 295 g/mol. The van der Waals surface area contributed by atoms with Crippen molar-refractivity contribution < 1.29 is 9.53 Å². The predicted molar refractivity (Wildman–Crippen MR) is 78.5 cm³/mol. The van der Waals surface area contributed by atoms with E-state index in [9.17, 15) is 4.79 Å². The summed E-state index contributed by atoms with van der Waals surface area (Å²) in [7, 11) is 0. The minimum Gasteiger partial charge on any atom is -0.465 e. The first kappa shape index (κ1) is 15.3. The molecule has 0 saturated heterocycles. The van der Waals surface area contributed by atoms with Crippen LogP contribution in [-0.4, -0.2) is 33.8 Å². The topological polar surface area (TPSA) is 78.1 Å². The molecule has 20 heavy (non-hydrogen) atoms. The maximum absolute atomic E-state index is 12.1. The molecule has 0 radical (unpaired) electrons. The second kappa shape index (κ2) is 6.10. The highest BCUT2D eigenvalue weighted by Crippen LogP contribution is 2.41. The van der Waals surface area contributed by atoms with Gasteiger partial charge in [-0.3, -0.25) is 4.79 Å². The van der Waals surface area contributed by atoms with Gasteiger partial charge in [0.25, 0.3) is 0 Å². The summed E-state index contributed by atoms with van der Waals surface area (Å²) >= 11 is 1.43. The Labute approximate surface area is 123 Å². The molecule has 6 heteroatoms. The molecule has 0 spiro atoms. The molecule has 2 rings (SSSR count). The summed E-state index contributed by atoms with van der Waals surface area (Å²) in [6.07, 6.45) is 1.98. The number of ether oxygens (including phenoxy) is 1. The molecule has 0 amide bonds. The molecule has 1 aromatic rings. The average molecular weight is 295 g/mol. The minimum absolute atomic E-state index is 0.222. The van der Waals surface area contributed by atoms with Gasteiger partial charge in [-0.1, -0.05) is 11.8 Å². The molecular formula is C14H21N3O2S. The Kier molecular flexibility index (Phi) is 4.65. The first-order valence-corrected chi connectivity index (χ1v) is 7.85. The fraction of sp³-hybridized carbons (Fsp3) is 0.643. The van der Waals surface area contributed by atoms with Gasteiger partial charge in [-0.25, -0.2) is 9.97 Å². The van der Waals surface area contributed by atoms with Gasteiger partial charge in [0.1, 0.15) is 5.54 Å². The fourth-order valence-electron chi connectivity index (χ4n) is 2.15. The van der Waals surface area contributed by atoms with Gasteiger partial charge in [0.2, 0.25) is 0 Å². The molecule has 0 aliphatic heterocycles. The lowest BCUT2D eigenvalue weighted by atomic mass is 9.97. The van der Waals surface area contributed by atoms with E-state index in [1.165, 1.54) is 11.8 Å². The molecule has 0 aromatic carbocycles. The van der Waals surface area contributed by atoms with E-state index in [2.05, 4.69) is 9.97 Å². The molecule has 1 aliphatic rings. The summed E-state index contributed by atoms with van der Waals surface area (Å²) < 4.78 is 5.13. The normalized spacial score (nSPS) is 17.6. The number of nitrogens with zero attached hydrogens (tertiary/aromatic N) is 2. The lowest BCUT2D eigenvalue weighted by Gasteiger charge is -2.26. The van der Waals surface area contributed by atoms with Crippen LogP contribution in [0.25, 0.3) is 0 Å². The molecule has 0 bridgehead atoms. The van der Waals surface area contributed by atoms with Crippen molar-refractivity contribution in [1.82, 2.24) is 9.97 Å². The van der Waals surface area contributed by atoms with Crippen LogP contribution in [0.5, 0.6) is 0 Å². The van der Waals surface area contributed by atoms with Crippen LogP contribution in [0.4, 0.5) is 0 Å². The second-order valence-corrected chi connectivity index (χ2v) is 6.20. The lowest BCUT2D eigenvalue weighted by Crippen LogP contribution is -2.53. The van der Waals surface area contributed by atoms with E-state index < -0.39 is 5.54 Å². The highest BCUT2D eigenvalue weighted by molar-refractivity contribution is 7.99. The van der Waals surface area contributed by atoms with Crippen molar-refractivity contribution in [2.24, 2.45) is 11.7 Å². The Bertz CT molecular complexity index is 485. The zero-order valence-corrected chi connectivity index (χ0v) is 13.0. The maximum Gasteiger partial charge on any atom is 0.327 e. The predicted octanol–water partition coefficient (Wildman–Crippen LogP) is 1.86. The second-order valence-electron chi connectivity index (χ2n) is 5.26. The van der Waals surface area contributed by atoms with Crippen LogP contribution >= 0.6 is 11.8 Å². The first-order chi connectivity index (χ1) is 9.45. The molecule has 1 saturated carbocycles. The van der Waals surface area contributed by atoms with Crippen molar-refractivity contribution in [2.75, 3.05) is 12.4 Å². The van der Waals surface area contributed by atoms with Gasteiger partial charge < -0.3 is 10.5 Å². The van der Waals surface area contributed by atoms with E-state index in [-0.39, 0.29) is 11.9 Å². The van der Waals surface area contributed by atoms with Crippen LogP contribution in [0.15, 0.2) is 11.2 Å². The van der Waals surface area contributed by atoms with Crippen LogP contribution in [0, 0.1) is 19.8 Å². The van der Waals surface area contributed by atoms with Crippen molar-refractivity contribution in [3.05, 3.63) is 17.5 Å². The maximum atomic E-state index is 12.1. The number of nitrogens with two attached hydrogens (primary N) is 1. The average Bonchev–Trinajstić information content (AvgIpc) is 3.19. The van der Waals surface area contributed by atoms with Crippen molar-refractivity contribution in [3.8, 4) is 0 Å². The standard InChI is InChI=1S/C14H21N3O2S/c1-4-19-12(18)14(15,11-5-6-11)8-20-13-16-9(2)7-10(3)17-13/h7,11H,4-6,8,15H2,1-3H3. The van der Waals surface area contributed by atoms with E-state index in [1.54, 1.807) is 6.92 Å². The van der Waals surface area contributed by atoms with Gasteiger partial charge in [0.05, 0.1) is 6.61 Å². The van der Waals surface area contributed by atoms with Crippen molar-refractivity contribution >= 4 is 17.7 Å². The van der Waals surface area contributed by atoms with Crippen LogP contribution in [0.1, 0.15) is 31.2 Å². The Morgan fingerprint density at radius 2 is 2.05 bits per heavy atom. The van der Waals surface area contributed by atoms with Crippen LogP contribution in [0.3, 0.4) is 0 Å². The third-order valence-electron chi connectivity index (χ3n) is 3.36. The number of carbonyl (C=O) groups is 1. The fourth-order valence-corrected chi connectivity index (χ4v) is 3.29. The molecule has 1 fully saturated rings. The molecule has 1 atom stereocenters. The molecule has 110 valence electrons. The van der Waals surface area contributed by atoms with Crippen molar-refractivity contribution in [2.45, 2.75) is 44.3 Å². The SMILES string of the molecule is CCOC(=O)C(N)(CSc1nc(C)cc(C)n1)C1CC1. The van der Waals surface area contributed by atoms with Gasteiger partial charge in [0.15, 0.2) is 5.16 Å². The van der Waals surface area contributed by atoms with E-state index in [4.69, 9.17) is 10.5 Å². The number of carbonyl (C=O) groups excluding carboxylic acids is 1. The highest BCUT2D eigenvalue weighted by Gasteiger charge is 2.49. The Balaban J connectivity index is 2.07. The van der Waals surface area contributed by atoms with E-state index in [0.717, 1.165) is 24.2 Å². The summed E-state index contributed by atoms with van der Waals surface area (Å²) in [5.41, 5.74) is 7.23. The van der Waals surface area contributed by atoms with Crippen LogP contribution in [-0.2, 0) is 9.53 Å². The molecule has 1 heterocycles. The largest absolute Gasteiger partial charge is 0.465 e. The van der Waals surface area contributed by atoms with E-state index in [0.29, 0.717) is 17.5 Å². The zero-order valence-electron chi connectivity index (χ0n) is 12.2. The van der Waals surface area contributed by atoms with Gasteiger partial charge in [-0.2, -0.15) is 0 Å². The van der Waals surface area contributed by atoms with E-state index >= 15 is 0 Å². The number of hydrogen-bond donors (Lipinski definition) is 1. The van der Waals surface area contributed by atoms with Gasteiger partial charge >= 0.3 is 5.97 Å². The molecule has 1 unspecified atom stereocenters. The zero-order chi connectivity index (χ0) is 14.8. The number of esters is 1.